The summed E-state index contributed by atoms with van der Waals surface area (Å²) in [6.45, 7) is 2.75. The highest BCUT2D eigenvalue weighted by molar-refractivity contribution is 5.85. The van der Waals surface area contributed by atoms with Gasteiger partial charge in [-0.15, -0.1) is 12.4 Å². The molecule has 156 valence electrons. The van der Waals surface area contributed by atoms with Crippen LogP contribution in [0.4, 0.5) is 4.79 Å². The van der Waals surface area contributed by atoms with E-state index in [-0.39, 0.29) is 36.3 Å². The van der Waals surface area contributed by atoms with Gasteiger partial charge in [-0.3, -0.25) is 4.79 Å². The summed E-state index contributed by atoms with van der Waals surface area (Å²) in [5.74, 6) is 0.287. The highest BCUT2D eigenvalue weighted by Gasteiger charge is 2.32. The summed E-state index contributed by atoms with van der Waals surface area (Å²) in [6.07, 6.45) is 9.20. The summed E-state index contributed by atoms with van der Waals surface area (Å²) < 4.78 is 5.35. The number of urea groups is 1. The smallest absolute Gasteiger partial charge is 0.315 e. The zero-order valence-corrected chi connectivity index (χ0v) is 17.0. The van der Waals surface area contributed by atoms with Crippen LogP contribution in [0, 0.1) is 5.92 Å². The maximum absolute atomic E-state index is 12.6. The molecule has 7 nitrogen and oxygen atoms in total. The number of nitrogens with two attached hydrogens (primary N) is 1. The van der Waals surface area contributed by atoms with Gasteiger partial charge in [-0.2, -0.15) is 0 Å². The standard InChI is InChI=1S/C19H34N4O3.ClH/c20-17(14-8-12-26-13-9-14)18(24)23-10-6-16(7-11-23)22-19(25)21-15-4-2-1-3-5-15;/h14-17H,1-13,20H2,(H2,21,22,25);1H. The maximum atomic E-state index is 12.6. The number of hydrogen-bond acceptors (Lipinski definition) is 4. The molecule has 1 aliphatic carbocycles. The molecule has 3 amide bonds. The Kier molecular flexibility index (Phi) is 9.12. The predicted molar refractivity (Wildman–Crippen MR) is 107 cm³/mol. The number of halogens is 1. The van der Waals surface area contributed by atoms with Crippen molar-refractivity contribution in [1.29, 1.82) is 0 Å². The van der Waals surface area contributed by atoms with Gasteiger partial charge in [0.15, 0.2) is 0 Å². The lowest BCUT2D eigenvalue weighted by Crippen LogP contribution is -2.54. The summed E-state index contributed by atoms with van der Waals surface area (Å²) in [4.78, 5) is 26.7. The molecule has 8 heteroatoms. The van der Waals surface area contributed by atoms with E-state index in [0.717, 1.165) is 38.5 Å². The van der Waals surface area contributed by atoms with Gasteiger partial charge in [-0.05, 0) is 44.4 Å². The molecule has 4 N–H and O–H groups in total. The number of carbonyl (C=O) groups excluding carboxylic acids is 2. The van der Waals surface area contributed by atoms with E-state index in [1.54, 1.807) is 0 Å². The Morgan fingerprint density at radius 2 is 1.44 bits per heavy atom. The molecule has 0 aromatic carbocycles. The van der Waals surface area contributed by atoms with Crippen LogP contribution < -0.4 is 16.4 Å². The van der Waals surface area contributed by atoms with Gasteiger partial charge in [0.05, 0.1) is 6.04 Å². The molecular formula is C19H35ClN4O3. The minimum Gasteiger partial charge on any atom is -0.381 e. The first-order valence-electron chi connectivity index (χ1n) is 10.3. The second-order valence-corrected chi connectivity index (χ2v) is 8.03. The fourth-order valence-electron chi connectivity index (χ4n) is 4.39. The predicted octanol–water partition coefficient (Wildman–Crippen LogP) is 1.78. The van der Waals surface area contributed by atoms with Crippen molar-refractivity contribution >= 4 is 24.3 Å². The van der Waals surface area contributed by atoms with E-state index >= 15 is 0 Å². The number of hydrogen-bond donors (Lipinski definition) is 3. The molecule has 0 aromatic heterocycles. The van der Waals surface area contributed by atoms with Gasteiger partial charge >= 0.3 is 6.03 Å². The van der Waals surface area contributed by atoms with Crippen LogP contribution >= 0.6 is 12.4 Å². The molecule has 1 atom stereocenters. The van der Waals surface area contributed by atoms with Crippen molar-refractivity contribution in [3.8, 4) is 0 Å². The Morgan fingerprint density at radius 3 is 2.04 bits per heavy atom. The normalized spacial score (nSPS) is 24.0. The molecule has 1 unspecified atom stereocenters. The molecule has 1 saturated carbocycles. The van der Waals surface area contributed by atoms with E-state index in [4.69, 9.17) is 10.5 Å². The topological polar surface area (TPSA) is 96.7 Å². The second-order valence-electron chi connectivity index (χ2n) is 8.03. The van der Waals surface area contributed by atoms with Crippen LogP contribution in [0.1, 0.15) is 57.8 Å². The lowest BCUT2D eigenvalue weighted by atomic mass is 9.91. The third-order valence-electron chi connectivity index (χ3n) is 6.14. The van der Waals surface area contributed by atoms with E-state index in [2.05, 4.69) is 10.6 Å². The monoisotopic (exact) mass is 402 g/mol. The van der Waals surface area contributed by atoms with E-state index < -0.39 is 6.04 Å². The zero-order chi connectivity index (χ0) is 18.4. The van der Waals surface area contributed by atoms with Crippen molar-refractivity contribution in [2.45, 2.75) is 75.9 Å². The number of ether oxygens (including phenoxy) is 1. The van der Waals surface area contributed by atoms with Crippen LogP contribution in [0.5, 0.6) is 0 Å². The van der Waals surface area contributed by atoms with E-state index in [0.29, 0.717) is 32.3 Å². The van der Waals surface area contributed by atoms with Gasteiger partial charge in [-0.25, -0.2) is 4.79 Å². The summed E-state index contributed by atoms with van der Waals surface area (Å²) in [5.41, 5.74) is 6.22. The first-order valence-corrected chi connectivity index (χ1v) is 10.3. The third kappa shape index (κ3) is 6.50. The van der Waals surface area contributed by atoms with Crippen LogP contribution in [0.3, 0.4) is 0 Å². The van der Waals surface area contributed by atoms with Gasteiger partial charge in [0, 0.05) is 38.4 Å². The highest BCUT2D eigenvalue weighted by Crippen LogP contribution is 2.21. The van der Waals surface area contributed by atoms with Crippen LogP contribution in [0.2, 0.25) is 0 Å². The van der Waals surface area contributed by atoms with Crippen LogP contribution in [-0.2, 0) is 9.53 Å². The van der Waals surface area contributed by atoms with Crippen molar-refractivity contribution in [3.05, 3.63) is 0 Å². The number of carbonyl (C=O) groups is 2. The zero-order valence-electron chi connectivity index (χ0n) is 16.2. The molecule has 2 saturated heterocycles. The Balaban J connectivity index is 0.00000261. The minimum atomic E-state index is -0.419. The summed E-state index contributed by atoms with van der Waals surface area (Å²) >= 11 is 0. The Morgan fingerprint density at radius 1 is 0.889 bits per heavy atom. The highest BCUT2D eigenvalue weighted by atomic mass is 35.5. The molecule has 2 aliphatic heterocycles. The number of rotatable bonds is 4. The molecule has 3 aliphatic rings. The first kappa shape index (κ1) is 22.2. The van der Waals surface area contributed by atoms with Gasteiger partial charge in [0.25, 0.3) is 0 Å². The average molecular weight is 403 g/mol. The van der Waals surface area contributed by atoms with Crippen molar-refractivity contribution in [1.82, 2.24) is 15.5 Å². The van der Waals surface area contributed by atoms with E-state index in [1.807, 2.05) is 4.90 Å². The third-order valence-corrected chi connectivity index (χ3v) is 6.14. The SMILES string of the molecule is Cl.NC(C(=O)N1CCC(NC(=O)NC2CCCCC2)CC1)C1CCOCC1. The van der Waals surface area contributed by atoms with Crippen molar-refractivity contribution in [2.24, 2.45) is 11.7 Å². The largest absolute Gasteiger partial charge is 0.381 e. The van der Waals surface area contributed by atoms with Crippen LogP contribution in [-0.4, -0.2) is 61.3 Å². The van der Waals surface area contributed by atoms with Crippen LogP contribution in [0.15, 0.2) is 0 Å². The lowest BCUT2D eigenvalue weighted by molar-refractivity contribution is -0.135. The van der Waals surface area contributed by atoms with E-state index in [1.165, 1.54) is 19.3 Å². The van der Waals surface area contributed by atoms with Crippen LogP contribution in [0.25, 0.3) is 0 Å². The number of amides is 3. The van der Waals surface area contributed by atoms with Crippen molar-refractivity contribution in [2.75, 3.05) is 26.3 Å². The molecule has 0 bridgehead atoms. The second kappa shape index (κ2) is 11.1. The summed E-state index contributed by atoms with van der Waals surface area (Å²) in [5, 5.41) is 6.18. The molecule has 0 radical (unpaired) electrons. The Labute approximate surface area is 168 Å². The van der Waals surface area contributed by atoms with E-state index in [9.17, 15) is 9.59 Å². The van der Waals surface area contributed by atoms with Crippen molar-refractivity contribution < 1.29 is 14.3 Å². The Bertz CT molecular complexity index is 474. The first-order chi connectivity index (χ1) is 12.6. The molecule has 3 rings (SSSR count). The molecule has 27 heavy (non-hydrogen) atoms. The fraction of sp³-hybridized carbons (Fsp3) is 0.895. The quantitative estimate of drug-likeness (QED) is 0.667. The number of piperidine rings is 1. The molecule has 0 aromatic rings. The van der Waals surface area contributed by atoms with Gasteiger partial charge < -0.3 is 26.0 Å². The van der Waals surface area contributed by atoms with Gasteiger partial charge in [-0.1, -0.05) is 19.3 Å². The van der Waals surface area contributed by atoms with Gasteiger partial charge in [0.1, 0.15) is 0 Å². The molecule has 2 heterocycles. The molecular weight excluding hydrogens is 368 g/mol. The molecule has 3 fully saturated rings. The lowest BCUT2D eigenvalue weighted by Gasteiger charge is -2.36. The maximum Gasteiger partial charge on any atom is 0.315 e. The minimum absolute atomic E-state index is 0. The van der Waals surface area contributed by atoms with Gasteiger partial charge in [0.2, 0.25) is 5.91 Å². The Hall–Kier alpha value is -1.05. The van der Waals surface area contributed by atoms with Crippen molar-refractivity contribution in [3.63, 3.8) is 0 Å². The summed E-state index contributed by atoms with van der Waals surface area (Å²) in [6, 6.07) is -0.0107. The number of nitrogens with one attached hydrogen (secondary N) is 2. The number of nitrogens with zero attached hydrogens (tertiary/aromatic N) is 1. The molecule has 0 spiro atoms. The number of likely N-dealkylation sites (tertiary alicyclic amines) is 1. The average Bonchev–Trinajstić information content (AvgIpc) is 2.69. The fourth-order valence-corrected chi connectivity index (χ4v) is 4.39. The summed E-state index contributed by atoms with van der Waals surface area (Å²) in [7, 11) is 0.